The molecule has 0 radical (unpaired) electrons. The molecule has 1 aromatic heterocycles. The number of carbonyl (C=O) groups is 1. The van der Waals surface area contributed by atoms with E-state index >= 15 is 0 Å². The number of aromatic amines is 1. The Morgan fingerprint density at radius 1 is 0.974 bits per heavy atom. The van der Waals surface area contributed by atoms with Gasteiger partial charge in [-0.15, -0.1) is 0 Å². The Morgan fingerprint density at radius 3 is 2.45 bits per heavy atom. The van der Waals surface area contributed by atoms with Crippen molar-refractivity contribution in [3.05, 3.63) is 48.0 Å². The summed E-state index contributed by atoms with van der Waals surface area (Å²) in [6.45, 7) is 8.24. The van der Waals surface area contributed by atoms with Crippen molar-refractivity contribution >= 4 is 22.6 Å². The van der Waals surface area contributed by atoms with Gasteiger partial charge >= 0.3 is 5.97 Å². The molecule has 0 aliphatic carbocycles. The summed E-state index contributed by atoms with van der Waals surface area (Å²) in [5.41, 5.74) is 4.88. The van der Waals surface area contributed by atoms with Crippen LogP contribution in [0.3, 0.4) is 0 Å². The second-order valence-corrected chi connectivity index (χ2v) is 9.30. The van der Waals surface area contributed by atoms with E-state index in [0.29, 0.717) is 46.2 Å². The summed E-state index contributed by atoms with van der Waals surface area (Å²) >= 11 is 0. The van der Waals surface area contributed by atoms with Gasteiger partial charge in [-0.05, 0) is 43.4 Å². The number of H-pyrrole nitrogens is 1. The highest BCUT2D eigenvalue weighted by atomic mass is 16.6. The van der Waals surface area contributed by atoms with Gasteiger partial charge in [-0.25, -0.2) is 0 Å². The fraction of sp³-hybridized carbons (Fsp3) is 0.483. The average Bonchev–Trinajstić information content (AvgIpc) is 3.35. The molecule has 9 nitrogen and oxygen atoms in total. The minimum absolute atomic E-state index is 0.243. The van der Waals surface area contributed by atoms with Crippen molar-refractivity contribution in [1.82, 2.24) is 9.88 Å². The monoisotopic (exact) mass is 525 g/mol. The van der Waals surface area contributed by atoms with Crippen LogP contribution in [-0.2, 0) is 30.2 Å². The minimum atomic E-state index is -0.254. The van der Waals surface area contributed by atoms with Gasteiger partial charge in [0.05, 0.1) is 65.5 Å². The van der Waals surface area contributed by atoms with Gasteiger partial charge < -0.3 is 33.6 Å². The molecule has 0 fully saturated rings. The van der Waals surface area contributed by atoms with Gasteiger partial charge in [-0.2, -0.15) is 0 Å². The lowest BCUT2D eigenvalue weighted by Crippen LogP contribution is -2.38. The van der Waals surface area contributed by atoms with E-state index in [1.807, 2.05) is 18.2 Å². The molecule has 9 heteroatoms. The van der Waals surface area contributed by atoms with Crippen molar-refractivity contribution in [2.24, 2.45) is 0 Å². The first kappa shape index (κ1) is 27.9. The van der Waals surface area contributed by atoms with E-state index in [1.165, 1.54) is 7.11 Å². The topological polar surface area (TPSA) is 85.5 Å². The molecule has 4 rings (SSSR count). The zero-order valence-corrected chi connectivity index (χ0v) is 22.7. The van der Waals surface area contributed by atoms with E-state index < -0.39 is 0 Å². The molecule has 0 atom stereocenters. The lowest BCUT2D eigenvalue weighted by Gasteiger charge is -2.31. The normalized spacial score (nSPS) is 15.9. The summed E-state index contributed by atoms with van der Waals surface area (Å²) < 4.78 is 28.2. The number of aromatic nitrogens is 1. The largest absolute Gasteiger partial charge is 0.489 e. The van der Waals surface area contributed by atoms with Gasteiger partial charge in [-0.1, -0.05) is 25.1 Å². The summed E-state index contributed by atoms with van der Waals surface area (Å²) in [5, 5.41) is 1.07. The van der Waals surface area contributed by atoms with Gasteiger partial charge in [0.1, 0.15) is 12.4 Å². The fourth-order valence-electron chi connectivity index (χ4n) is 4.32. The van der Waals surface area contributed by atoms with Crippen molar-refractivity contribution in [3.8, 4) is 17.0 Å². The first-order valence-corrected chi connectivity index (χ1v) is 13.2. The van der Waals surface area contributed by atoms with Crippen molar-refractivity contribution < 1.29 is 28.5 Å². The molecule has 0 unspecified atom stereocenters. The number of rotatable bonds is 6. The molecular formula is C29H39N3O6. The lowest BCUT2D eigenvalue weighted by atomic mass is 10.1. The number of ether oxygens (including phenoxy) is 5. The summed E-state index contributed by atoms with van der Waals surface area (Å²) in [7, 11) is 3.51. The van der Waals surface area contributed by atoms with E-state index in [0.717, 1.165) is 58.9 Å². The molecular weight excluding hydrogens is 486 g/mol. The maximum absolute atomic E-state index is 11.7. The molecule has 0 amide bonds. The fourth-order valence-corrected chi connectivity index (χ4v) is 4.32. The lowest BCUT2D eigenvalue weighted by molar-refractivity contribution is -0.139. The van der Waals surface area contributed by atoms with Crippen molar-refractivity contribution in [3.63, 3.8) is 0 Å². The third-order valence-electron chi connectivity index (χ3n) is 6.56. The van der Waals surface area contributed by atoms with E-state index in [-0.39, 0.29) is 12.4 Å². The maximum atomic E-state index is 11.7. The number of carbonyl (C=O) groups excluding carboxylic acids is 1. The molecule has 1 aliphatic heterocycles. The molecule has 206 valence electrons. The third kappa shape index (κ3) is 7.70. The molecule has 2 aromatic carbocycles. The second kappa shape index (κ2) is 14.2. The number of esters is 1. The highest BCUT2D eigenvalue weighted by Crippen LogP contribution is 2.35. The highest BCUT2D eigenvalue weighted by molar-refractivity contribution is 5.87. The predicted molar refractivity (Wildman–Crippen MR) is 148 cm³/mol. The first-order chi connectivity index (χ1) is 18.6. The van der Waals surface area contributed by atoms with E-state index in [9.17, 15) is 4.79 Å². The number of benzene rings is 2. The number of hydrogen-bond donors (Lipinski definition) is 1. The Morgan fingerprint density at radius 2 is 1.71 bits per heavy atom. The Balaban J connectivity index is 1.63. The minimum Gasteiger partial charge on any atom is -0.489 e. The Bertz CT molecular complexity index is 1180. The summed E-state index contributed by atoms with van der Waals surface area (Å²) in [5.74, 6) is 0.544. The summed E-state index contributed by atoms with van der Waals surface area (Å²) in [6, 6.07) is 14.4. The van der Waals surface area contributed by atoms with Crippen molar-refractivity contribution in [2.45, 2.75) is 13.3 Å². The molecule has 0 bridgehead atoms. The van der Waals surface area contributed by atoms with E-state index in [2.05, 4.69) is 53.0 Å². The Hall–Kier alpha value is -3.11. The molecule has 1 N–H and O–H groups in total. The van der Waals surface area contributed by atoms with Crippen LogP contribution < -0.4 is 9.64 Å². The molecule has 38 heavy (non-hydrogen) atoms. The van der Waals surface area contributed by atoms with Crippen LogP contribution in [0, 0.1) is 0 Å². The number of anilines is 1. The molecule has 1 aliphatic rings. The van der Waals surface area contributed by atoms with Crippen molar-refractivity contribution in [1.29, 1.82) is 0 Å². The maximum Gasteiger partial charge on any atom is 0.309 e. The number of fused-ring (bicyclic) bond motifs is 2. The predicted octanol–water partition coefficient (Wildman–Crippen LogP) is 3.71. The smallest absolute Gasteiger partial charge is 0.309 e. The Kier molecular flexibility index (Phi) is 10.4. The number of hydrogen-bond acceptors (Lipinski definition) is 8. The van der Waals surface area contributed by atoms with Crippen LogP contribution in [-0.4, -0.2) is 96.0 Å². The summed E-state index contributed by atoms with van der Waals surface area (Å²) in [4.78, 5) is 19.8. The number of nitrogens with one attached hydrogen (secondary N) is 1. The quantitative estimate of drug-likeness (QED) is 0.488. The van der Waals surface area contributed by atoms with Crippen molar-refractivity contribution in [2.75, 3.05) is 85.1 Å². The highest BCUT2D eigenvalue weighted by Gasteiger charge is 2.17. The summed E-state index contributed by atoms with van der Waals surface area (Å²) in [6.07, 6.45) is 0.243. The van der Waals surface area contributed by atoms with Gasteiger partial charge in [0.25, 0.3) is 0 Å². The van der Waals surface area contributed by atoms with Gasteiger partial charge in [0.2, 0.25) is 0 Å². The van der Waals surface area contributed by atoms with E-state index in [4.69, 9.17) is 23.7 Å². The van der Waals surface area contributed by atoms with Crippen LogP contribution in [0.25, 0.3) is 22.2 Å². The zero-order chi connectivity index (χ0) is 26.7. The van der Waals surface area contributed by atoms with Gasteiger partial charge in [0.15, 0.2) is 0 Å². The number of nitrogens with zero attached hydrogens (tertiary/aromatic N) is 2. The molecule has 0 saturated heterocycles. The third-order valence-corrected chi connectivity index (χ3v) is 6.56. The standard InChI is InChI=1S/C29H39N3O6/c1-4-31(2)21-32-9-10-35-11-12-36-13-14-37-15-16-38-28-20-24(7-8-27(28)32)26-19-23-6-5-22(17-25(23)30-26)18-29(33)34-3/h5-8,17,19-20,30H,4,9-16,18,21H2,1-3H3. The van der Waals surface area contributed by atoms with Gasteiger partial charge in [0, 0.05) is 28.7 Å². The first-order valence-electron chi connectivity index (χ1n) is 13.2. The molecule has 0 spiro atoms. The van der Waals surface area contributed by atoms with Crippen LogP contribution in [0.15, 0.2) is 42.5 Å². The SMILES string of the molecule is CCN(C)CN1CCOCCOCCOCCOc2cc(-c3cc4ccc(CC(=O)OC)cc4[nH]3)ccc21. The number of methoxy groups -OCH3 is 1. The molecule has 3 aromatic rings. The zero-order valence-electron chi connectivity index (χ0n) is 22.7. The molecule has 0 saturated carbocycles. The molecule has 2 heterocycles. The van der Waals surface area contributed by atoms with Crippen LogP contribution >= 0.6 is 0 Å². The van der Waals surface area contributed by atoms with Crippen LogP contribution in [0.1, 0.15) is 12.5 Å². The van der Waals surface area contributed by atoms with E-state index in [1.54, 1.807) is 0 Å². The van der Waals surface area contributed by atoms with Crippen LogP contribution in [0.2, 0.25) is 0 Å². The Labute approximate surface area is 224 Å². The van der Waals surface area contributed by atoms with Gasteiger partial charge in [-0.3, -0.25) is 9.69 Å². The second-order valence-electron chi connectivity index (χ2n) is 9.30. The average molecular weight is 526 g/mol. The van der Waals surface area contributed by atoms with Crippen LogP contribution in [0.4, 0.5) is 5.69 Å². The van der Waals surface area contributed by atoms with Crippen LogP contribution in [0.5, 0.6) is 5.75 Å².